The molecule has 1 N–H and O–H groups in total. The van der Waals surface area contributed by atoms with Crippen LogP contribution >= 0.6 is 0 Å². The van der Waals surface area contributed by atoms with Crippen molar-refractivity contribution in [2.45, 2.75) is 38.1 Å². The zero-order valence-electron chi connectivity index (χ0n) is 11.4. The van der Waals surface area contributed by atoms with Crippen LogP contribution < -0.4 is 5.32 Å². The second kappa shape index (κ2) is 5.41. The van der Waals surface area contributed by atoms with Crippen LogP contribution in [0.25, 0.3) is 0 Å². The van der Waals surface area contributed by atoms with Gasteiger partial charge in [-0.2, -0.15) is 0 Å². The van der Waals surface area contributed by atoms with Gasteiger partial charge in [0.2, 0.25) is 0 Å². The third kappa shape index (κ3) is 2.60. The Kier molecular flexibility index (Phi) is 3.67. The molecule has 2 heteroatoms. The van der Waals surface area contributed by atoms with Crippen LogP contribution in [0.3, 0.4) is 0 Å². The predicted molar refractivity (Wildman–Crippen MR) is 76.1 cm³/mol. The van der Waals surface area contributed by atoms with Crippen LogP contribution in [-0.2, 0) is 19.3 Å². The third-order valence-electron chi connectivity index (χ3n) is 4.55. The molecule has 0 bridgehead atoms. The number of rotatable bonds is 4. The average molecular weight is 244 g/mol. The molecule has 0 unspecified atom stereocenters. The molecule has 2 nitrogen and oxygen atoms in total. The van der Waals surface area contributed by atoms with Crippen LogP contribution in [0.1, 0.15) is 29.5 Å². The van der Waals surface area contributed by atoms with E-state index in [1.165, 1.54) is 57.3 Å². The van der Waals surface area contributed by atoms with E-state index in [9.17, 15) is 0 Å². The Bertz CT molecular complexity index is 410. The third-order valence-corrected chi connectivity index (χ3v) is 4.55. The molecule has 1 aromatic carbocycles. The highest BCUT2D eigenvalue weighted by Gasteiger charge is 2.20. The summed E-state index contributed by atoms with van der Waals surface area (Å²) < 4.78 is 0. The maximum absolute atomic E-state index is 3.34. The van der Waals surface area contributed by atoms with E-state index in [2.05, 4.69) is 35.5 Å². The maximum Gasteiger partial charge on any atom is 0.0342 e. The monoisotopic (exact) mass is 244 g/mol. The summed E-state index contributed by atoms with van der Waals surface area (Å²) in [5, 5.41) is 3.34. The van der Waals surface area contributed by atoms with E-state index in [-0.39, 0.29) is 0 Å². The molecule has 1 heterocycles. The van der Waals surface area contributed by atoms with E-state index < -0.39 is 0 Å². The fourth-order valence-corrected chi connectivity index (χ4v) is 3.02. The van der Waals surface area contributed by atoms with Crippen LogP contribution in [0.5, 0.6) is 0 Å². The van der Waals surface area contributed by atoms with Gasteiger partial charge in [0.1, 0.15) is 0 Å². The molecule has 3 rings (SSSR count). The van der Waals surface area contributed by atoms with Crippen molar-refractivity contribution >= 4 is 0 Å². The molecule has 0 saturated carbocycles. The predicted octanol–water partition coefficient (Wildman–Crippen LogP) is 2.01. The zero-order valence-corrected chi connectivity index (χ0v) is 11.4. The van der Waals surface area contributed by atoms with Gasteiger partial charge in [-0.05, 0) is 55.8 Å². The first kappa shape index (κ1) is 12.2. The first-order chi connectivity index (χ1) is 8.83. The molecule has 1 aliphatic heterocycles. The Balaban J connectivity index is 1.58. The molecule has 1 saturated heterocycles. The Morgan fingerprint density at radius 2 is 1.94 bits per heavy atom. The lowest BCUT2D eigenvalue weighted by Crippen LogP contribution is -2.56. The number of hydrogen-bond donors (Lipinski definition) is 1. The van der Waals surface area contributed by atoms with E-state index in [0.717, 1.165) is 6.04 Å². The van der Waals surface area contributed by atoms with Crippen molar-refractivity contribution in [3.8, 4) is 0 Å². The zero-order chi connectivity index (χ0) is 12.4. The molecule has 0 aromatic heterocycles. The highest BCUT2D eigenvalue weighted by atomic mass is 15.2. The molecule has 0 spiro atoms. The van der Waals surface area contributed by atoms with Crippen LogP contribution in [0.2, 0.25) is 0 Å². The smallest absolute Gasteiger partial charge is 0.0342 e. The maximum atomic E-state index is 3.34. The van der Waals surface area contributed by atoms with E-state index in [1.54, 1.807) is 11.1 Å². The second-order valence-electron chi connectivity index (χ2n) is 5.85. The molecule has 0 atom stereocenters. The van der Waals surface area contributed by atoms with E-state index in [1.807, 2.05) is 0 Å². The van der Waals surface area contributed by atoms with Crippen molar-refractivity contribution in [1.82, 2.24) is 10.2 Å². The molecule has 1 aromatic rings. The topological polar surface area (TPSA) is 15.3 Å². The van der Waals surface area contributed by atoms with Crippen LogP contribution in [0, 0.1) is 0 Å². The first-order valence-electron chi connectivity index (χ1n) is 7.34. The van der Waals surface area contributed by atoms with Crippen molar-refractivity contribution in [2.24, 2.45) is 0 Å². The minimum Gasteiger partial charge on any atom is -0.314 e. The fraction of sp³-hybridized carbons (Fsp3) is 0.625. The van der Waals surface area contributed by atoms with Gasteiger partial charge in [-0.25, -0.2) is 0 Å². The minimum absolute atomic E-state index is 0.766. The summed E-state index contributed by atoms with van der Waals surface area (Å²) in [5.74, 6) is 0. The molecule has 98 valence electrons. The largest absolute Gasteiger partial charge is 0.314 e. The molecule has 2 aliphatic rings. The van der Waals surface area contributed by atoms with Gasteiger partial charge in [0.05, 0.1) is 0 Å². The normalized spacial score (nSPS) is 19.7. The highest BCUT2D eigenvalue weighted by Crippen LogP contribution is 2.22. The molecular weight excluding hydrogens is 220 g/mol. The van der Waals surface area contributed by atoms with E-state index >= 15 is 0 Å². The minimum atomic E-state index is 0.766. The number of nitrogens with zero attached hydrogens (tertiary/aromatic N) is 1. The molecule has 1 aliphatic carbocycles. The first-order valence-corrected chi connectivity index (χ1v) is 7.34. The Morgan fingerprint density at radius 3 is 2.67 bits per heavy atom. The number of benzene rings is 1. The van der Waals surface area contributed by atoms with Crippen molar-refractivity contribution in [1.29, 1.82) is 0 Å². The van der Waals surface area contributed by atoms with Crippen LogP contribution in [0.4, 0.5) is 0 Å². The summed E-state index contributed by atoms with van der Waals surface area (Å²) in [7, 11) is 2.25. The number of nitrogens with one attached hydrogen (secondary N) is 1. The van der Waals surface area contributed by atoms with Crippen molar-refractivity contribution in [3.05, 3.63) is 34.9 Å². The Hall–Kier alpha value is -0.860. The van der Waals surface area contributed by atoms with Gasteiger partial charge in [0, 0.05) is 25.7 Å². The van der Waals surface area contributed by atoms with Crippen LogP contribution in [0.15, 0.2) is 18.2 Å². The van der Waals surface area contributed by atoms with Crippen molar-refractivity contribution in [3.63, 3.8) is 0 Å². The average Bonchev–Trinajstić information content (AvgIpc) is 2.34. The lowest BCUT2D eigenvalue weighted by molar-refractivity contribution is 0.182. The van der Waals surface area contributed by atoms with E-state index in [4.69, 9.17) is 0 Å². The molecule has 0 radical (unpaired) electrons. The van der Waals surface area contributed by atoms with Gasteiger partial charge in [-0.15, -0.1) is 0 Å². The number of aryl methyl sites for hydroxylation is 2. The Morgan fingerprint density at radius 1 is 1.17 bits per heavy atom. The summed E-state index contributed by atoms with van der Waals surface area (Å²) in [4.78, 5) is 2.50. The Labute approximate surface area is 110 Å². The van der Waals surface area contributed by atoms with Gasteiger partial charge in [-0.3, -0.25) is 0 Å². The number of likely N-dealkylation sites (N-methyl/N-ethyl adjacent to an activating group) is 1. The van der Waals surface area contributed by atoms with Gasteiger partial charge in [0.15, 0.2) is 0 Å². The summed E-state index contributed by atoms with van der Waals surface area (Å²) in [6, 6.07) is 7.94. The molecule has 1 fully saturated rings. The number of fused-ring (bicyclic) bond motifs is 1. The summed E-state index contributed by atoms with van der Waals surface area (Å²) in [6.07, 6.45) is 6.54. The standard InChI is InChI=1S/C16H24N2/c1-18(16-11-17-12-16)9-8-13-6-7-14-4-2-3-5-15(14)10-13/h6-7,10,16-17H,2-5,8-9,11-12H2,1H3. The summed E-state index contributed by atoms with van der Waals surface area (Å²) in [6.45, 7) is 3.52. The highest BCUT2D eigenvalue weighted by molar-refractivity contribution is 5.33. The number of hydrogen-bond acceptors (Lipinski definition) is 2. The molecule has 18 heavy (non-hydrogen) atoms. The molecule has 0 amide bonds. The summed E-state index contributed by atoms with van der Waals surface area (Å²) in [5.41, 5.74) is 4.74. The molecular formula is C16H24N2. The van der Waals surface area contributed by atoms with Gasteiger partial charge in [-0.1, -0.05) is 18.2 Å². The summed E-state index contributed by atoms with van der Waals surface area (Å²) >= 11 is 0. The lowest BCUT2D eigenvalue weighted by Gasteiger charge is -2.35. The SMILES string of the molecule is CN(CCc1ccc2c(c1)CCCC2)C1CNC1. The van der Waals surface area contributed by atoms with Crippen molar-refractivity contribution in [2.75, 3.05) is 26.7 Å². The van der Waals surface area contributed by atoms with Crippen LogP contribution in [-0.4, -0.2) is 37.6 Å². The lowest BCUT2D eigenvalue weighted by atomic mass is 9.90. The van der Waals surface area contributed by atoms with Crippen molar-refractivity contribution < 1.29 is 0 Å². The van der Waals surface area contributed by atoms with E-state index in [0.29, 0.717) is 0 Å². The van der Waals surface area contributed by atoms with Gasteiger partial charge in [0.25, 0.3) is 0 Å². The quantitative estimate of drug-likeness (QED) is 0.871. The fourth-order valence-electron chi connectivity index (χ4n) is 3.02. The van der Waals surface area contributed by atoms with Gasteiger partial charge < -0.3 is 10.2 Å². The second-order valence-corrected chi connectivity index (χ2v) is 5.85. The van der Waals surface area contributed by atoms with Gasteiger partial charge >= 0.3 is 0 Å².